The van der Waals surface area contributed by atoms with Crippen LogP contribution in [0.5, 0.6) is 0 Å². The number of carbonyl (C=O) groups excluding carboxylic acids is 2. The van der Waals surface area contributed by atoms with E-state index in [1.54, 1.807) is 12.1 Å². The summed E-state index contributed by atoms with van der Waals surface area (Å²) in [6, 6.07) is 17.6. The lowest BCUT2D eigenvalue weighted by atomic mass is 10.1. The summed E-state index contributed by atoms with van der Waals surface area (Å²) < 4.78 is 5.81. The van der Waals surface area contributed by atoms with Crippen LogP contribution >= 0.6 is 0 Å². The Labute approximate surface area is 190 Å². The van der Waals surface area contributed by atoms with Crippen molar-refractivity contribution in [2.75, 3.05) is 25.0 Å². The average molecular weight is 436 g/mol. The molecule has 2 aliphatic rings. The summed E-state index contributed by atoms with van der Waals surface area (Å²) in [5.74, 6) is -0.242. The SMILES string of the molecule is O=C(CN(Cc1ccccc1)CC1CCCO1)Nc1ccccc1C(=O)NC1CCCC1. The highest BCUT2D eigenvalue weighted by Crippen LogP contribution is 2.21. The summed E-state index contributed by atoms with van der Waals surface area (Å²) in [5, 5.41) is 6.09. The normalized spacial score (nSPS) is 18.7. The second kappa shape index (κ2) is 11.2. The van der Waals surface area contributed by atoms with Crippen LogP contribution in [0.25, 0.3) is 0 Å². The Morgan fingerprint density at radius 2 is 1.69 bits per heavy atom. The summed E-state index contributed by atoms with van der Waals surface area (Å²) in [6.07, 6.45) is 6.62. The van der Waals surface area contributed by atoms with Crippen molar-refractivity contribution in [1.82, 2.24) is 10.2 Å². The van der Waals surface area contributed by atoms with E-state index in [2.05, 4.69) is 27.7 Å². The van der Waals surface area contributed by atoms with Gasteiger partial charge in [-0.25, -0.2) is 0 Å². The zero-order chi connectivity index (χ0) is 22.2. The molecule has 1 saturated heterocycles. The number of nitrogens with one attached hydrogen (secondary N) is 2. The molecule has 2 N–H and O–H groups in total. The van der Waals surface area contributed by atoms with Gasteiger partial charge in [0, 0.05) is 25.7 Å². The Morgan fingerprint density at radius 3 is 2.44 bits per heavy atom. The first kappa shape index (κ1) is 22.5. The van der Waals surface area contributed by atoms with Gasteiger partial charge in [-0.15, -0.1) is 0 Å². The number of carbonyl (C=O) groups is 2. The van der Waals surface area contributed by atoms with Gasteiger partial charge >= 0.3 is 0 Å². The lowest BCUT2D eigenvalue weighted by Crippen LogP contribution is -2.38. The Kier molecular flexibility index (Phi) is 7.91. The molecule has 1 aliphatic carbocycles. The van der Waals surface area contributed by atoms with Gasteiger partial charge in [0.1, 0.15) is 0 Å². The predicted molar refractivity (Wildman–Crippen MR) is 125 cm³/mol. The van der Waals surface area contributed by atoms with Crippen LogP contribution in [0.1, 0.15) is 54.4 Å². The van der Waals surface area contributed by atoms with Gasteiger partial charge in [0.25, 0.3) is 5.91 Å². The quantitative estimate of drug-likeness (QED) is 0.625. The molecule has 2 aromatic carbocycles. The minimum atomic E-state index is -0.125. The van der Waals surface area contributed by atoms with E-state index in [-0.39, 0.29) is 30.5 Å². The van der Waals surface area contributed by atoms with Crippen molar-refractivity contribution in [2.45, 2.75) is 57.2 Å². The minimum absolute atomic E-state index is 0.117. The van der Waals surface area contributed by atoms with Crippen molar-refractivity contribution in [1.29, 1.82) is 0 Å². The van der Waals surface area contributed by atoms with Crippen LogP contribution in [0.2, 0.25) is 0 Å². The lowest BCUT2D eigenvalue weighted by molar-refractivity contribution is -0.117. The Bertz CT molecular complexity index is 890. The van der Waals surface area contributed by atoms with Crippen molar-refractivity contribution in [3.63, 3.8) is 0 Å². The molecule has 6 heteroatoms. The summed E-state index contributed by atoms with van der Waals surface area (Å²) in [5.41, 5.74) is 2.24. The molecule has 2 aromatic rings. The summed E-state index contributed by atoms with van der Waals surface area (Å²) >= 11 is 0. The van der Waals surface area contributed by atoms with Crippen LogP contribution < -0.4 is 10.6 Å². The number of amides is 2. The van der Waals surface area contributed by atoms with Crippen LogP contribution in [-0.2, 0) is 16.1 Å². The second-order valence-corrected chi connectivity index (χ2v) is 8.84. The molecule has 0 spiro atoms. The topological polar surface area (TPSA) is 70.7 Å². The van der Waals surface area contributed by atoms with Gasteiger partial charge in [-0.3, -0.25) is 14.5 Å². The number of anilines is 1. The molecule has 1 heterocycles. The molecule has 1 aliphatic heterocycles. The predicted octanol–water partition coefficient (Wildman–Crippen LogP) is 3.98. The molecule has 0 aromatic heterocycles. The Morgan fingerprint density at radius 1 is 0.938 bits per heavy atom. The smallest absolute Gasteiger partial charge is 0.253 e. The lowest BCUT2D eigenvalue weighted by Gasteiger charge is -2.25. The summed E-state index contributed by atoms with van der Waals surface area (Å²) in [7, 11) is 0. The number of rotatable bonds is 9. The van der Waals surface area contributed by atoms with Crippen LogP contribution in [0.4, 0.5) is 5.69 Å². The summed E-state index contributed by atoms with van der Waals surface area (Å²) in [6.45, 7) is 2.43. The van der Waals surface area contributed by atoms with Crippen LogP contribution in [-0.4, -0.2) is 48.6 Å². The van der Waals surface area contributed by atoms with E-state index in [0.29, 0.717) is 24.3 Å². The van der Waals surface area contributed by atoms with Crippen molar-refractivity contribution >= 4 is 17.5 Å². The molecule has 170 valence electrons. The number of para-hydroxylation sites is 1. The first-order chi connectivity index (χ1) is 15.7. The maximum Gasteiger partial charge on any atom is 0.253 e. The van der Waals surface area contributed by atoms with Crippen molar-refractivity contribution in [3.05, 3.63) is 65.7 Å². The molecule has 2 fully saturated rings. The molecule has 32 heavy (non-hydrogen) atoms. The van der Waals surface area contributed by atoms with Crippen LogP contribution in [0.3, 0.4) is 0 Å². The second-order valence-electron chi connectivity index (χ2n) is 8.84. The van der Waals surface area contributed by atoms with Gasteiger partial charge < -0.3 is 15.4 Å². The molecule has 1 atom stereocenters. The Hall–Kier alpha value is -2.70. The van der Waals surface area contributed by atoms with E-state index in [9.17, 15) is 9.59 Å². The summed E-state index contributed by atoms with van der Waals surface area (Å²) in [4.78, 5) is 27.9. The third-order valence-corrected chi connectivity index (χ3v) is 6.24. The van der Waals surface area contributed by atoms with Gasteiger partial charge in [-0.1, -0.05) is 55.3 Å². The molecule has 4 rings (SSSR count). The van der Waals surface area contributed by atoms with Crippen molar-refractivity contribution < 1.29 is 14.3 Å². The molecule has 6 nitrogen and oxygen atoms in total. The number of ether oxygens (including phenoxy) is 1. The van der Waals surface area contributed by atoms with Crippen molar-refractivity contribution in [3.8, 4) is 0 Å². The van der Waals surface area contributed by atoms with Crippen LogP contribution in [0, 0.1) is 0 Å². The average Bonchev–Trinajstić information content (AvgIpc) is 3.49. The number of benzene rings is 2. The third kappa shape index (κ3) is 6.40. The van der Waals surface area contributed by atoms with E-state index in [0.717, 1.165) is 50.7 Å². The Balaban J connectivity index is 1.40. The van der Waals surface area contributed by atoms with Gasteiger partial charge in [-0.05, 0) is 43.4 Å². The molecule has 0 radical (unpaired) electrons. The van der Waals surface area contributed by atoms with E-state index in [1.165, 1.54) is 0 Å². The maximum absolute atomic E-state index is 13.0. The van der Waals surface area contributed by atoms with Gasteiger partial charge in [0.2, 0.25) is 5.91 Å². The zero-order valence-corrected chi connectivity index (χ0v) is 18.6. The first-order valence-corrected chi connectivity index (χ1v) is 11.7. The number of hydrogen-bond acceptors (Lipinski definition) is 4. The molecule has 0 bridgehead atoms. The van der Waals surface area contributed by atoms with Gasteiger partial charge in [-0.2, -0.15) is 0 Å². The fraction of sp³-hybridized carbons (Fsp3) is 0.462. The molecule has 1 unspecified atom stereocenters. The monoisotopic (exact) mass is 435 g/mol. The van der Waals surface area contributed by atoms with Gasteiger partial charge in [0.05, 0.1) is 23.9 Å². The number of nitrogens with zero attached hydrogens (tertiary/aromatic N) is 1. The van der Waals surface area contributed by atoms with Gasteiger partial charge in [0.15, 0.2) is 0 Å². The highest BCUT2D eigenvalue weighted by atomic mass is 16.5. The zero-order valence-electron chi connectivity index (χ0n) is 18.6. The van der Waals surface area contributed by atoms with E-state index < -0.39 is 0 Å². The van der Waals surface area contributed by atoms with Crippen LogP contribution in [0.15, 0.2) is 54.6 Å². The molecular formula is C26H33N3O3. The molecular weight excluding hydrogens is 402 g/mol. The highest BCUT2D eigenvalue weighted by Gasteiger charge is 2.23. The van der Waals surface area contributed by atoms with E-state index in [4.69, 9.17) is 4.74 Å². The number of hydrogen-bond donors (Lipinski definition) is 2. The van der Waals surface area contributed by atoms with E-state index in [1.807, 2.05) is 30.3 Å². The van der Waals surface area contributed by atoms with Crippen molar-refractivity contribution in [2.24, 2.45) is 0 Å². The molecule has 2 amide bonds. The first-order valence-electron chi connectivity index (χ1n) is 11.7. The fourth-order valence-corrected chi connectivity index (χ4v) is 4.62. The maximum atomic E-state index is 13.0. The minimum Gasteiger partial charge on any atom is -0.377 e. The highest BCUT2D eigenvalue weighted by molar-refractivity contribution is 6.04. The largest absolute Gasteiger partial charge is 0.377 e. The molecule has 1 saturated carbocycles. The fourth-order valence-electron chi connectivity index (χ4n) is 4.62. The third-order valence-electron chi connectivity index (χ3n) is 6.24. The standard InChI is InChI=1S/C26H33N3O3/c30-25(19-29(18-22-13-8-16-32-22)17-20-9-2-1-3-10-20)28-24-15-7-6-14-23(24)26(31)27-21-11-4-5-12-21/h1-3,6-7,9-10,14-15,21-22H,4-5,8,11-13,16-19H2,(H,27,31)(H,28,30). The van der Waals surface area contributed by atoms with E-state index >= 15 is 0 Å².